The van der Waals surface area contributed by atoms with Crippen molar-refractivity contribution in [3.8, 4) is 28.2 Å². The zero-order valence-electron chi connectivity index (χ0n) is 22.4. The molecule has 222 valence electrons. The first-order valence-electron chi connectivity index (χ1n) is 13.4. The predicted octanol–water partition coefficient (Wildman–Crippen LogP) is 4.33. The van der Waals surface area contributed by atoms with Crippen LogP contribution < -0.4 is 16.1 Å². The molecule has 2 aromatic rings. The Morgan fingerprint density at radius 3 is 2.05 bits per heavy atom. The van der Waals surface area contributed by atoms with Crippen molar-refractivity contribution in [2.75, 3.05) is 11.5 Å². The van der Waals surface area contributed by atoms with Crippen LogP contribution in [0.15, 0.2) is 57.7 Å². The van der Waals surface area contributed by atoms with Gasteiger partial charge in [0.2, 0.25) is 0 Å². The van der Waals surface area contributed by atoms with Crippen LogP contribution in [0.25, 0.3) is 33.4 Å². The highest BCUT2D eigenvalue weighted by atomic mass is 32.2. The standard InChI is InChI=1S/C30H26N2O9S2/c33-19-7-5-15-21(13-3-1-2-4-14(13)28(35)36)16-6-8-20(34)23(27-32-18(30(39)40)10-12-43-27)25(16)41-24(15)22(19)26-31-17(29(37)38)9-11-42-26/h1-8,17-18,26-27,31-33H,9-12H2,(H,35,36)(H,37,38)(H,39,40)/t17-,18-,26?,27?/m0/s1. The third-order valence-electron chi connectivity index (χ3n) is 7.71. The smallest absolute Gasteiger partial charge is 0.336 e. The van der Waals surface area contributed by atoms with E-state index in [1.165, 1.54) is 41.7 Å². The molecule has 0 spiro atoms. The van der Waals surface area contributed by atoms with Gasteiger partial charge in [0.05, 0.1) is 27.4 Å². The van der Waals surface area contributed by atoms with Crippen LogP contribution in [-0.4, -0.2) is 61.9 Å². The summed E-state index contributed by atoms with van der Waals surface area (Å²) in [6, 6.07) is 10.6. The van der Waals surface area contributed by atoms with Crippen molar-refractivity contribution in [3.05, 3.63) is 75.4 Å². The minimum absolute atomic E-state index is 0.00545. The number of benzene rings is 3. The van der Waals surface area contributed by atoms with E-state index in [4.69, 9.17) is 4.42 Å². The van der Waals surface area contributed by atoms with Crippen LogP contribution in [0.3, 0.4) is 0 Å². The molecule has 6 rings (SSSR count). The molecule has 43 heavy (non-hydrogen) atoms. The molecule has 11 nitrogen and oxygen atoms in total. The Morgan fingerprint density at radius 2 is 1.42 bits per heavy atom. The molecule has 1 aliphatic carbocycles. The van der Waals surface area contributed by atoms with E-state index in [1.54, 1.807) is 30.3 Å². The maximum Gasteiger partial charge on any atom is 0.336 e. The molecule has 2 fully saturated rings. The lowest BCUT2D eigenvalue weighted by Gasteiger charge is -2.31. The summed E-state index contributed by atoms with van der Waals surface area (Å²) in [4.78, 5) is 49.5. The molecule has 0 amide bonds. The van der Waals surface area contributed by atoms with E-state index in [0.29, 0.717) is 46.4 Å². The molecule has 2 aromatic carbocycles. The Hall–Kier alpha value is -4.04. The summed E-state index contributed by atoms with van der Waals surface area (Å²) in [5.41, 5.74) is 1.42. The van der Waals surface area contributed by atoms with E-state index in [1.807, 2.05) is 0 Å². The SMILES string of the molecule is O=C(O)c1ccccc1-c1c2ccc(=O)c(C3N[C@H](C(=O)O)CCS3)c-2oc2c(C3N[C@H](C(=O)O)CCS3)c(O)ccc12. The van der Waals surface area contributed by atoms with Crippen molar-refractivity contribution in [2.24, 2.45) is 0 Å². The summed E-state index contributed by atoms with van der Waals surface area (Å²) in [5.74, 6) is -2.33. The largest absolute Gasteiger partial charge is 0.507 e. The normalized spacial score (nSPS) is 22.4. The van der Waals surface area contributed by atoms with Gasteiger partial charge in [-0.3, -0.25) is 25.0 Å². The number of fused-ring (bicyclic) bond motifs is 2. The van der Waals surface area contributed by atoms with Crippen molar-refractivity contribution in [1.82, 2.24) is 10.6 Å². The van der Waals surface area contributed by atoms with E-state index >= 15 is 0 Å². The number of aromatic hydroxyl groups is 1. The molecular formula is C30H26N2O9S2. The fourth-order valence-electron chi connectivity index (χ4n) is 5.67. The summed E-state index contributed by atoms with van der Waals surface area (Å²) in [7, 11) is 0. The Balaban J connectivity index is 1.69. The quantitative estimate of drug-likeness (QED) is 0.167. The van der Waals surface area contributed by atoms with Gasteiger partial charge >= 0.3 is 17.9 Å². The summed E-state index contributed by atoms with van der Waals surface area (Å²) in [5, 5.41) is 45.7. The zero-order valence-corrected chi connectivity index (χ0v) is 24.0. The molecule has 0 saturated carbocycles. The molecule has 6 N–H and O–H groups in total. The van der Waals surface area contributed by atoms with Gasteiger partial charge in [0.1, 0.15) is 29.2 Å². The summed E-state index contributed by atoms with van der Waals surface area (Å²) in [6.07, 6.45) is 0.735. The zero-order chi connectivity index (χ0) is 30.4. The van der Waals surface area contributed by atoms with Gasteiger partial charge in [-0.1, -0.05) is 18.2 Å². The van der Waals surface area contributed by atoms with E-state index in [-0.39, 0.29) is 33.8 Å². The van der Waals surface area contributed by atoms with Gasteiger partial charge < -0.3 is 24.8 Å². The molecule has 3 aliphatic heterocycles. The first-order valence-corrected chi connectivity index (χ1v) is 15.5. The summed E-state index contributed by atoms with van der Waals surface area (Å²) < 4.78 is 6.52. The van der Waals surface area contributed by atoms with Gasteiger partial charge in [0, 0.05) is 16.5 Å². The van der Waals surface area contributed by atoms with Crippen LogP contribution in [0.2, 0.25) is 0 Å². The van der Waals surface area contributed by atoms with Crippen molar-refractivity contribution in [2.45, 2.75) is 35.7 Å². The molecule has 4 aliphatic rings. The minimum Gasteiger partial charge on any atom is -0.507 e. The molecule has 2 saturated heterocycles. The molecule has 2 unspecified atom stereocenters. The minimum atomic E-state index is -1.17. The average molecular weight is 623 g/mol. The second-order valence-corrected chi connectivity index (χ2v) is 12.7. The number of carboxylic acids is 3. The first kappa shape index (κ1) is 29.1. The van der Waals surface area contributed by atoms with E-state index in [0.717, 1.165) is 0 Å². The van der Waals surface area contributed by atoms with Crippen LogP contribution in [0.5, 0.6) is 5.75 Å². The van der Waals surface area contributed by atoms with Crippen molar-refractivity contribution >= 4 is 52.4 Å². The van der Waals surface area contributed by atoms with Crippen molar-refractivity contribution in [1.29, 1.82) is 0 Å². The molecular weight excluding hydrogens is 596 g/mol. The van der Waals surface area contributed by atoms with Crippen LogP contribution in [0, 0.1) is 0 Å². The number of carbonyl (C=O) groups is 3. The lowest BCUT2D eigenvalue weighted by atomic mass is 9.88. The number of aromatic carboxylic acids is 1. The lowest BCUT2D eigenvalue weighted by molar-refractivity contribution is -0.140. The first-order chi connectivity index (χ1) is 20.7. The predicted molar refractivity (Wildman–Crippen MR) is 162 cm³/mol. The molecule has 0 radical (unpaired) electrons. The second-order valence-electron chi connectivity index (χ2n) is 10.3. The van der Waals surface area contributed by atoms with Gasteiger partial charge in [0.25, 0.3) is 0 Å². The van der Waals surface area contributed by atoms with Crippen molar-refractivity contribution < 1.29 is 39.2 Å². The van der Waals surface area contributed by atoms with E-state index < -0.39 is 46.2 Å². The Kier molecular flexibility index (Phi) is 7.81. The molecule has 3 heterocycles. The van der Waals surface area contributed by atoms with Gasteiger partial charge in [-0.25, -0.2) is 4.79 Å². The van der Waals surface area contributed by atoms with Gasteiger partial charge in [-0.2, -0.15) is 0 Å². The monoisotopic (exact) mass is 622 g/mol. The fraction of sp³-hybridized carbons (Fsp3) is 0.267. The Bertz CT molecular complexity index is 1810. The third kappa shape index (κ3) is 5.22. The number of hydrogen-bond donors (Lipinski definition) is 6. The molecule has 13 heteroatoms. The number of aliphatic carboxylic acids is 2. The fourth-order valence-corrected chi connectivity index (χ4v) is 8.19. The molecule has 0 aromatic heterocycles. The lowest BCUT2D eigenvalue weighted by Crippen LogP contribution is -2.43. The van der Waals surface area contributed by atoms with Crippen LogP contribution >= 0.6 is 23.5 Å². The third-order valence-corrected chi connectivity index (χ3v) is 10.1. The number of phenolic OH excluding ortho intramolecular Hbond substituents is 1. The van der Waals surface area contributed by atoms with Crippen LogP contribution in [0.1, 0.15) is 45.1 Å². The number of rotatable bonds is 6. The van der Waals surface area contributed by atoms with Crippen LogP contribution in [-0.2, 0) is 9.59 Å². The number of phenols is 1. The summed E-state index contributed by atoms with van der Waals surface area (Å²) >= 11 is 2.75. The summed E-state index contributed by atoms with van der Waals surface area (Å²) in [6.45, 7) is 0. The number of hydrogen-bond acceptors (Lipinski definition) is 10. The molecule has 4 atom stereocenters. The van der Waals surface area contributed by atoms with Crippen molar-refractivity contribution in [3.63, 3.8) is 0 Å². The van der Waals surface area contributed by atoms with Gasteiger partial charge in [-0.05, 0) is 60.2 Å². The van der Waals surface area contributed by atoms with E-state index in [2.05, 4.69) is 10.6 Å². The Labute approximate surface area is 252 Å². The van der Waals surface area contributed by atoms with E-state index in [9.17, 15) is 39.6 Å². The average Bonchev–Trinajstić information content (AvgIpc) is 3.00. The number of carboxylic acid groups (broad SMARTS) is 3. The topological polar surface area (TPSA) is 186 Å². The highest BCUT2D eigenvalue weighted by Crippen LogP contribution is 2.49. The van der Waals surface area contributed by atoms with Gasteiger partial charge in [-0.15, -0.1) is 23.5 Å². The number of nitrogens with one attached hydrogen (secondary N) is 2. The Morgan fingerprint density at radius 1 is 0.791 bits per heavy atom. The maximum absolute atomic E-state index is 13.5. The number of thioether (sulfide) groups is 2. The van der Waals surface area contributed by atoms with Gasteiger partial charge in [0.15, 0.2) is 5.43 Å². The second kappa shape index (κ2) is 11.6. The molecule has 0 bridgehead atoms. The highest BCUT2D eigenvalue weighted by molar-refractivity contribution is 7.99. The van der Waals surface area contributed by atoms with Crippen LogP contribution in [0.4, 0.5) is 0 Å². The highest BCUT2D eigenvalue weighted by Gasteiger charge is 2.36. The maximum atomic E-state index is 13.5.